The number of ether oxygens (including phenoxy) is 1. The Morgan fingerprint density at radius 1 is 1.07 bits per heavy atom. The van der Waals surface area contributed by atoms with E-state index in [4.69, 9.17) is 4.74 Å². The predicted octanol–water partition coefficient (Wildman–Crippen LogP) is 2.52. The maximum absolute atomic E-state index is 12.8. The third kappa shape index (κ3) is 4.47. The molecule has 1 aromatic carbocycles. The SMILES string of the molecule is O=C(CC1(C(=O)O)CCCCC1)Nc1ccccc1C(=O)N1CCOCC1. The van der Waals surface area contributed by atoms with Gasteiger partial charge < -0.3 is 20.1 Å². The van der Waals surface area contributed by atoms with Crippen LogP contribution in [-0.4, -0.2) is 54.1 Å². The predicted molar refractivity (Wildman–Crippen MR) is 99.6 cm³/mol. The third-order valence-electron chi connectivity index (χ3n) is 5.49. The molecule has 1 aromatic rings. The fourth-order valence-electron chi connectivity index (χ4n) is 3.91. The highest BCUT2D eigenvalue weighted by atomic mass is 16.5. The molecular weight excluding hydrogens is 348 g/mol. The van der Waals surface area contributed by atoms with Crippen molar-refractivity contribution in [1.29, 1.82) is 0 Å². The molecule has 1 heterocycles. The molecule has 1 aliphatic heterocycles. The van der Waals surface area contributed by atoms with Crippen LogP contribution in [0.3, 0.4) is 0 Å². The first-order valence-corrected chi connectivity index (χ1v) is 9.51. The Morgan fingerprint density at radius 3 is 2.41 bits per heavy atom. The summed E-state index contributed by atoms with van der Waals surface area (Å²) >= 11 is 0. The number of hydrogen-bond acceptors (Lipinski definition) is 4. The number of hydrogen-bond donors (Lipinski definition) is 2. The number of carbonyl (C=O) groups is 3. The van der Waals surface area contributed by atoms with Crippen molar-refractivity contribution in [3.63, 3.8) is 0 Å². The van der Waals surface area contributed by atoms with Gasteiger partial charge in [0.25, 0.3) is 5.91 Å². The maximum Gasteiger partial charge on any atom is 0.310 e. The van der Waals surface area contributed by atoms with Gasteiger partial charge in [-0.3, -0.25) is 14.4 Å². The molecule has 2 N–H and O–H groups in total. The Bertz CT molecular complexity index is 706. The summed E-state index contributed by atoms with van der Waals surface area (Å²) in [5.41, 5.74) is -0.151. The molecule has 7 heteroatoms. The van der Waals surface area contributed by atoms with E-state index in [0.717, 1.165) is 19.3 Å². The molecule has 2 amide bonds. The first-order valence-electron chi connectivity index (χ1n) is 9.51. The van der Waals surface area contributed by atoms with Crippen molar-refractivity contribution in [2.24, 2.45) is 5.41 Å². The molecule has 2 aliphatic rings. The average molecular weight is 374 g/mol. The smallest absolute Gasteiger partial charge is 0.310 e. The molecule has 1 aliphatic carbocycles. The summed E-state index contributed by atoms with van der Waals surface area (Å²) in [7, 11) is 0. The number of carboxylic acids is 1. The van der Waals surface area contributed by atoms with Crippen molar-refractivity contribution in [3.05, 3.63) is 29.8 Å². The number of carbonyl (C=O) groups excluding carboxylic acids is 2. The number of morpholine rings is 1. The molecule has 0 bridgehead atoms. The van der Waals surface area contributed by atoms with Gasteiger partial charge in [-0.2, -0.15) is 0 Å². The quantitative estimate of drug-likeness (QED) is 0.826. The molecule has 7 nitrogen and oxygen atoms in total. The van der Waals surface area contributed by atoms with E-state index in [1.54, 1.807) is 29.2 Å². The molecule has 0 aromatic heterocycles. The van der Waals surface area contributed by atoms with Gasteiger partial charge in [-0.15, -0.1) is 0 Å². The zero-order valence-corrected chi connectivity index (χ0v) is 15.4. The number of amides is 2. The molecule has 1 saturated carbocycles. The van der Waals surface area contributed by atoms with Crippen LogP contribution < -0.4 is 5.32 Å². The molecule has 0 unspecified atom stereocenters. The molecule has 0 spiro atoms. The molecule has 146 valence electrons. The van der Waals surface area contributed by atoms with Gasteiger partial charge in [0.05, 0.1) is 29.9 Å². The number of rotatable bonds is 5. The Balaban J connectivity index is 1.72. The van der Waals surface area contributed by atoms with E-state index in [2.05, 4.69) is 5.32 Å². The first-order chi connectivity index (χ1) is 13.0. The van der Waals surface area contributed by atoms with Crippen molar-refractivity contribution in [1.82, 2.24) is 4.90 Å². The summed E-state index contributed by atoms with van der Waals surface area (Å²) < 4.78 is 5.28. The van der Waals surface area contributed by atoms with Crippen molar-refractivity contribution in [2.45, 2.75) is 38.5 Å². The highest BCUT2D eigenvalue weighted by Gasteiger charge is 2.41. The van der Waals surface area contributed by atoms with Gasteiger partial charge >= 0.3 is 5.97 Å². The van der Waals surface area contributed by atoms with Crippen LogP contribution in [0, 0.1) is 5.41 Å². The Kier molecular flexibility index (Phi) is 6.11. The number of carboxylic acid groups (broad SMARTS) is 1. The number of para-hydroxylation sites is 1. The van der Waals surface area contributed by atoms with E-state index in [-0.39, 0.29) is 18.2 Å². The molecule has 1 saturated heterocycles. The van der Waals surface area contributed by atoms with E-state index in [1.807, 2.05) is 0 Å². The van der Waals surface area contributed by atoms with E-state index in [0.29, 0.717) is 50.4 Å². The van der Waals surface area contributed by atoms with Crippen LogP contribution in [0.15, 0.2) is 24.3 Å². The standard InChI is InChI=1S/C20H26N2O5/c23-17(14-20(19(25)26)8-4-1-5-9-20)21-16-7-3-2-6-15(16)18(24)22-10-12-27-13-11-22/h2-3,6-7H,1,4-5,8-14H2,(H,21,23)(H,25,26). The molecule has 0 radical (unpaired) electrons. The fourth-order valence-corrected chi connectivity index (χ4v) is 3.91. The van der Waals surface area contributed by atoms with Gasteiger partial charge in [-0.05, 0) is 25.0 Å². The maximum atomic E-state index is 12.8. The van der Waals surface area contributed by atoms with E-state index < -0.39 is 11.4 Å². The molecule has 27 heavy (non-hydrogen) atoms. The molecular formula is C20H26N2O5. The topological polar surface area (TPSA) is 95.9 Å². The number of nitrogens with zero attached hydrogens (tertiary/aromatic N) is 1. The molecule has 3 rings (SSSR count). The number of benzene rings is 1. The van der Waals surface area contributed by atoms with Gasteiger partial charge in [0, 0.05) is 19.5 Å². The van der Waals surface area contributed by atoms with E-state index in [9.17, 15) is 19.5 Å². The van der Waals surface area contributed by atoms with E-state index >= 15 is 0 Å². The van der Waals surface area contributed by atoms with Gasteiger partial charge in [-0.25, -0.2) is 0 Å². The summed E-state index contributed by atoms with van der Waals surface area (Å²) in [5.74, 6) is -1.42. The number of anilines is 1. The van der Waals surface area contributed by atoms with Crippen LogP contribution in [-0.2, 0) is 14.3 Å². The van der Waals surface area contributed by atoms with Crippen LogP contribution in [0.25, 0.3) is 0 Å². The van der Waals surface area contributed by atoms with Gasteiger partial charge in [0.2, 0.25) is 5.91 Å². The summed E-state index contributed by atoms with van der Waals surface area (Å²) in [6, 6.07) is 6.86. The van der Waals surface area contributed by atoms with Crippen LogP contribution >= 0.6 is 0 Å². The van der Waals surface area contributed by atoms with Gasteiger partial charge in [0.15, 0.2) is 0 Å². The van der Waals surface area contributed by atoms with Crippen LogP contribution in [0.5, 0.6) is 0 Å². The van der Waals surface area contributed by atoms with Gasteiger partial charge in [0.1, 0.15) is 0 Å². The van der Waals surface area contributed by atoms with Crippen LogP contribution in [0.2, 0.25) is 0 Å². The minimum atomic E-state index is -0.995. The average Bonchev–Trinajstić information content (AvgIpc) is 2.69. The lowest BCUT2D eigenvalue weighted by Crippen LogP contribution is -2.41. The summed E-state index contributed by atoms with van der Waals surface area (Å²) in [6.45, 7) is 2.04. The second-order valence-corrected chi connectivity index (χ2v) is 7.32. The normalized spacial score (nSPS) is 19.3. The first kappa shape index (κ1) is 19.4. The van der Waals surface area contributed by atoms with Crippen molar-refractivity contribution >= 4 is 23.5 Å². The number of nitrogens with one attached hydrogen (secondary N) is 1. The lowest BCUT2D eigenvalue weighted by atomic mass is 9.71. The highest BCUT2D eigenvalue weighted by molar-refractivity contribution is 6.04. The number of aliphatic carboxylic acids is 1. The summed E-state index contributed by atoms with van der Waals surface area (Å²) in [6.07, 6.45) is 3.63. The van der Waals surface area contributed by atoms with Crippen molar-refractivity contribution < 1.29 is 24.2 Å². The van der Waals surface area contributed by atoms with Crippen molar-refractivity contribution in [3.8, 4) is 0 Å². The van der Waals surface area contributed by atoms with Crippen molar-refractivity contribution in [2.75, 3.05) is 31.6 Å². The molecule has 0 atom stereocenters. The second kappa shape index (κ2) is 8.52. The lowest BCUT2D eigenvalue weighted by molar-refractivity contribution is -0.153. The highest BCUT2D eigenvalue weighted by Crippen LogP contribution is 2.40. The monoisotopic (exact) mass is 374 g/mol. The zero-order chi connectivity index (χ0) is 19.3. The minimum Gasteiger partial charge on any atom is -0.481 e. The zero-order valence-electron chi connectivity index (χ0n) is 15.4. The Labute approximate surface area is 158 Å². The third-order valence-corrected chi connectivity index (χ3v) is 5.49. The minimum absolute atomic E-state index is 0.0671. The largest absolute Gasteiger partial charge is 0.481 e. The van der Waals surface area contributed by atoms with Gasteiger partial charge in [-0.1, -0.05) is 31.4 Å². The van der Waals surface area contributed by atoms with Crippen LogP contribution in [0.4, 0.5) is 5.69 Å². The lowest BCUT2D eigenvalue weighted by Gasteiger charge is -2.32. The fraction of sp³-hybridized carbons (Fsp3) is 0.550. The Hall–Kier alpha value is -2.41. The molecule has 2 fully saturated rings. The Morgan fingerprint density at radius 2 is 1.74 bits per heavy atom. The van der Waals surface area contributed by atoms with E-state index in [1.165, 1.54) is 0 Å². The summed E-state index contributed by atoms with van der Waals surface area (Å²) in [5, 5.41) is 12.4. The summed E-state index contributed by atoms with van der Waals surface area (Å²) in [4.78, 5) is 38.9. The van der Waals surface area contributed by atoms with Crippen LogP contribution in [0.1, 0.15) is 48.9 Å². The second-order valence-electron chi connectivity index (χ2n) is 7.32.